The van der Waals surface area contributed by atoms with E-state index >= 15 is 0 Å². The highest BCUT2D eigenvalue weighted by atomic mass is 32.2. The van der Waals surface area contributed by atoms with Gasteiger partial charge in [0.1, 0.15) is 11.6 Å². The van der Waals surface area contributed by atoms with Crippen LogP contribution in [0.5, 0.6) is 0 Å². The second-order valence-electron chi connectivity index (χ2n) is 5.97. The van der Waals surface area contributed by atoms with Gasteiger partial charge in [-0.25, -0.2) is 4.98 Å². The zero-order chi connectivity index (χ0) is 17.9. The van der Waals surface area contributed by atoms with E-state index in [0.29, 0.717) is 16.9 Å². The lowest BCUT2D eigenvalue weighted by molar-refractivity contribution is 0.423. The fraction of sp³-hybridized carbons (Fsp3) is 0.158. The summed E-state index contributed by atoms with van der Waals surface area (Å²) in [5, 5.41) is 11.6. The van der Waals surface area contributed by atoms with E-state index in [9.17, 15) is 0 Å². The molecule has 2 aromatic carbocycles. The summed E-state index contributed by atoms with van der Waals surface area (Å²) in [5.41, 5.74) is 4.34. The minimum absolute atomic E-state index is 0.147. The third kappa shape index (κ3) is 3.39. The van der Waals surface area contributed by atoms with Gasteiger partial charge in [0.25, 0.3) is 5.89 Å². The van der Waals surface area contributed by atoms with Gasteiger partial charge in [-0.15, -0.1) is 0 Å². The van der Waals surface area contributed by atoms with E-state index in [-0.39, 0.29) is 5.25 Å². The number of aryl methyl sites for hydroxylation is 2. The number of hydrogen-bond donors (Lipinski definition) is 1. The molecule has 6 nitrogen and oxygen atoms in total. The monoisotopic (exact) mass is 363 g/mol. The van der Waals surface area contributed by atoms with Gasteiger partial charge < -0.3 is 4.52 Å². The SMILES string of the molecule is Cc1cccc(-c2nc(C(Sc3ncn[nH]3)c3ccccc3C)no2)c1. The van der Waals surface area contributed by atoms with Gasteiger partial charge in [0.05, 0.1) is 0 Å². The predicted molar refractivity (Wildman–Crippen MR) is 99.7 cm³/mol. The Kier molecular flexibility index (Phi) is 4.53. The summed E-state index contributed by atoms with van der Waals surface area (Å²) in [6.45, 7) is 4.11. The summed E-state index contributed by atoms with van der Waals surface area (Å²) in [6.07, 6.45) is 1.49. The molecule has 1 N–H and O–H groups in total. The first-order valence-electron chi connectivity index (χ1n) is 8.19. The predicted octanol–water partition coefficient (Wildman–Crippen LogP) is 4.35. The van der Waals surface area contributed by atoms with Crippen molar-refractivity contribution in [1.29, 1.82) is 0 Å². The first kappa shape index (κ1) is 16.5. The second-order valence-corrected chi connectivity index (χ2v) is 7.07. The smallest absolute Gasteiger partial charge is 0.257 e. The normalized spacial score (nSPS) is 12.2. The summed E-state index contributed by atoms with van der Waals surface area (Å²) in [6, 6.07) is 16.2. The molecule has 4 rings (SSSR count). The molecule has 0 aliphatic rings. The first-order valence-corrected chi connectivity index (χ1v) is 9.07. The molecule has 0 aliphatic carbocycles. The van der Waals surface area contributed by atoms with Crippen LogP contribution in [-0.2, 0) is 0 Å². The Balaban J connectivity index is 1.74. The number of nitrogens with one attached hydrogen (secondary N) is 1. The maximum Gasteiger partial charge on any atom is 0.257 e. The molecule has 1 atom stereocenters. The van der Waals surface area contributed by atoms with Crippen LogP contribution >= 0.6 is 11.8 Å². The topological polar surface area (TPSA) is 80.5 Å². The van der Waals surface area contributed by atoms with Crippen LogP contribution in [0.1, 0.15) is 27.8 Å². The molecular weight excluding hydrogens is 346 g/mol. The molecule has 0 radical (unpaired) electrons. The minimum Gasteiger partial charge on any atom is -0.334 e. The van der Waals surface area contributed by atoms with Gasteiger partial charge in [0.2, 0.25) is 0 Å². The molecule has 1 unspecified atom stereocenters. The molecule has 2 heterocycles. The van der Waals surface area contributed by atoms with Gasteiger partial charge in [-0.3, -0.25) is 5.10 Å². The molecule has 130 valence electrons. The number of hydrogen-bond acceptors (Lipinski definition) is 6. The quantitative estimate of drug-likeness (QED) is 0.531. The molecule has 0 saturated heterocycles. The molecule has 7 heteroatoms. The Morgan fingerprint density at radius 3 is 2.73 bits per heavy atom. The highest BCUT2D eigenvalue weighted by molar-refractivity contribution is 7.99. The largest absolute Gasteiger partial charge is 0.334 e. The van der Waals surface area contributed by atoms with Gasteiger partial charge in [0.15, 0.2) is 11.0 Å². The van der Waals surface area contributed by atoms with Crippen LogP contribution in [0.15, 0.2) is 64.5 Å². The summed E-state index contributed by atoms with van der Waals surface area (Å²) in [4.78, 5) is 8.88. The van der Waals surface area contributed by atoms with Crippen LogP contribution in [-0.4, -0.2) is 25.3 Å². The summed E-state index contributed by atoms with van der Waals surface area (Å²) in [7, 11) is 0. The number of aromatic amines is 1. The summed E-state index contributed by atoms with van der Waals surface area (Å²) >= 11 is 1.51. The van der Waals surface area contributed by atoms with Crippen molar-refractivity contribution in [2.45, 2.75) is 24.3 Å². The zero-order valence-electron chi connectivity index (χ0n) is 14.4. The van der Waals surface area contributed by atoms with E-state index in [0.717, 1.165) is 22.3 Å². The Bertz CT molecular complexity index is 1010. The van der Waals surface area contributed by atoms with Crippen molar-refractivity contribution in [3.63, 3.8) is 0 Å². The lowest BCUT2D eigenvalue weighted by atomic mass is 10.1. The van der Waals surface area contributed by atoms with E-state index in [4.69, 9.17) is 4.52 Å². The number of aromatic nitrogens is 5. The average Bonchev–Trinajstić information content (AvgIpc) is 3.32. The summed E-state index contributed by atoms with van der Waals surface area (Å²) < 4.78 is 5.55. The Hall–Kier alpha value is -2.93. The van der Waals surface area contributed by atoms with Crippen molar-refractivity contribution < 1.29 is 4.52 Å². The Labute approximate surface area is 155 Å². The van der Waals surface area contributed by atoms with Crippen LogP contribution in [0.3, 0.4) is 0 Å². The molecule has 0 spiro atoms. The van der Waals surface area contributed by atoms with E-state index in [1.54, 1.807) is 0 Å². The first-order chi connectivity index (χ1) is 12.7. The van der Waals surface area contributed by atoms with Crippen molar-refractivity contribution in [2.75, 3.05) is 0 Å². The Morgan fingerprint density at radius 2 is 1.96 bits per heavy atom. The lowest BCUT2D eigenvalue weighted by Crippen LogP contribution is -2.02. The molecule has 0 amide bonds. The van der Waals surface area contributed by atoms with Crippen LogP contribution in [0.25, 0.3) is 11.5 Å². The van der Waals surface area contributed by atoms with Crippen molar-refractivity contribution in [2.24, 2.45) is 0 Å². The molecule has 0 bridgehead atoms. The van der Waals surface area contributed by atoms with Crippen LogP contribution in [0.2, 0.25) is 0 Å². The highest BCUT2D eigenvalue weighted by Crippen LogP contribution is 2.39. The number of benzene rings is 2. The van der Waals surface area contributed by atoms with E-state index in [1.165, 1.54) is 18.1 Å². The molecule has 0 aliphatic heterocycles. The van der Waals surface area contributed by atoms with E-state index in [1.807, 2.05) is 43.3 Å². The Morgan fingerprint density at radius 1 is 1.08 bits per heavy atom. The maximum absolute atomic E-state index is 5.55. The van der Waals surface area contributed by atoms with Gasteiger partial charge in [-0.1, -0.05) is 58.9 Å². The third-order valence-electron chi connectivity index (χ3n) is 4.03. The average molecular weight is 363 g/mol. The van der Waals surface area contributed by atoms with Crippen molar-refractivity contribution in [3.05, 3.63) is 77.4 Å². The van der Waals surface area contributed by atoms with Crippen LogP contribution in [0.4, 0.5) is 0 Å². The standard InChI is InChI=1S/C19H17N5OS/c1-12-6-5-8-14(10-12)18-22-17(24-25-18)16(26-19-20-11-21-23-19)15-9-4-3-7-13(15)2/h3-11,16H,1-2H3,(H,20,21,23). The number of thioether (sulfide) groups is 1. The summed E-state index contributed by atoms with van der Waals surface area (Å²) in [5.74, 6) is 1.12. The van der Waals surface area contributed by atoms with Crippen molar-refractivity contribution in [3.8, 4) is 11.5 Å². The number of rotatable bonds is 5. The van der Waals surface area contributed by atoms with E-state index in [2.05, 4.69) is 44.4 Å². The van der Waals surface area contributed by atoms with Crippen molar-refractivity contribution in [1.82, 2.24) is 25.3 Å². The number of nitrogens with zero attached hydrogens (tertiary/aromatic N) is 4. The van der Waals surface area contributed by atoms with Crippen molar-refractivity contribution >= 4 is 11.8 Å². The highest BCUT2D eigenvalue weighted by Gasteiger charge is 2.24. The van der Waals surface area contributed by atoms with Gasteiger partial charge >= 0.3 is 0 Å². The minimum atomic E-state index is -0.147. The van der Waals surface area contributed by atoms with Gasteiger partial charge in [0, 0.05) is 5.56 Å². The van der Waals surface area contributed by atoms with Crippen LogP contribution < -0.4 is 0 Å². The molecule has 0 fully saturated rings. The maximum atomic E-state index is 5.55. The second kappa shape index (κ2) is 7.13. The lowest BCUT2D eigenvalue weighted by Gasteiger charge is -2.14. The third-order valence-corrected chi connectivity index (χ3v) is 5.16. The zero-order valence-corrected chi connectivity index (χ0v) is 15.2. The molecule has 26 heavy (non-hydrogen) atoms. The molecule has 4 aromatic rings. The fourth-order valence-corrected chi connectivity index (χ4v) is 3.76. The number of H-pyrrole nitrogens is 1. The van der Waals surface area contributed by atoms with Gasteiger partial charge in [-0.2, -0.15) is 10.1 Å². The molecule has 0 saturated carbocycles. The van der Waals surface area contributed by atoms with Crippen LogP contribution in [0, 0.1) is 13.8 Å². The van der Waals surface area contributed by atoms with E-state index < -0.39 is 0 Å². The molecular formula is C19H17N5OS. The van der Waals surface area contributed by atoms with Gasteiger partial charge in [-0.05, 0) is 37.1 Å². The molecule has 2 aromatic heterocycles. The fourth-order valence-electron chi connectivity index (χ4n) is 2.74.